The van der Waals surface area contributed by atoms with Crippen LogP contribution in [0.3, 0.4) is 0 Å². The monoisotopic (exact) mass is 372 g/mol. The van der Waals surface area contributed by atoms with E-state index in [9.17, 15) is 4.79 Å². The Labute approximate surface area is 160 Å². The lowest BCUT2D eigenvalue weighted by Gasteiger charge is -2.37. The molecular weight excluding hydrogens is 344 g/mol. The summed E-state index contributed by atoms with van der Waals surface area (Å²) in [6, 6.07) is 12.4. The number of ether oxygens (including phenoxy) is 1. The molecule has 5 heteroatoms. The molecular formula is C21H28N2O2S. The standard InChI is InChI=1S/C21H28N2O2S/c1-22-12-9-18(10-13-22)23(14-11-20-4-3-15-26-20)21(24)16-17-5-7-19(25-2)8-6-17/h3-8,15,18H,9-14,16H2,1-2H3. The van der Waals surface area contributed by atoms with Gasteiger partial charge in [0.1, 0.15) is 5.75 Å². The number of methoxy groups -OCH3 is 1. The molecule has 1 amide bonds. The smallest absolute Gasteiger partial charge is 0.227 e. The minimum Gasteiger partial charge on any atom is -0.497 e. The number of carbonyl (C=O) groups is 1. The van der Waals surface area contributed by atoms with Crippen LogP contribution in [-0.4, -0.2) is 55.5 Å². The molecule has 2 heterocycles. The van der Waals surface area contributed by atoms with E-state index in [2.05, 4.69) is 34.4 Å². The topological polar surface area (TPSA) is 32.8 Å². The number of nitrogens with zero attached hydrogens (tertiary/aromatic N) is 2. The van der Waals surface area contributed by atoms with Crippen LogP contribution in [0.15, 0.2) is 41.8 Å². The number of benzene rings is 1. The number of hydrogen-bond acceptors (Lipinski definition) is 4. The molecule has 1 aliphatic heterocycles. The van der Waals surface area contributed by atoms with Gasteiger partial charge in [-0.05, 0) is 68.5 Å². The van der Waals surface area contributed by atoms with E-state index in [4.69, 9.17) is 4.74 Å². The Morgan fingerprint density at radius 1 is 1.23 bits per heavy atom. The predicted octanol–water partition coefficient (Wildman–Crippen LogP) is 3.46. The van der Waals surface area contributed by atoms with Crippen LogP contribution in [0.5, 0.6) is 5.75 Å². The molecule has 0 spiro atoms. The number of amides is 1. The van der Waals surface area contributed by atoms with Gasteiger partial charge in [0.15, 0.2) is 0 Å². The van der Waals surface area contributed by atoms with E-state index >= 15 is 0 Å². The Kier molecular flexibility index (Phi) is 6.69. The third-order valence-corrected chi connectivity index (χ3v) is 6.08. The molecule has 0 N–H and O–H groups in total. The van der Waals surface area contributed by atoms with Crippen LogP contribution in [0.1, 0.15) is 23.3 Å². The van der Waals surface area contributed by atoms with Gasteiger partial charge in [-0.3, -0.25) is 4.79 Å². The lowest BCUT2D eigenvalue weighted by Crippen LogP contribution is -2.47. The summed E-state index contributed by atoms with van der Waals surface area (Å²) in [6.07, 6.45) is 3.53. The van der Waals surface area contributed by atoms with Gasteiger partial charge in [-0.25, -0.2) is 0 Å². The van der Waals surface area contributed by atoms with E-state index in [1.54, 1.807) is 18.4 Å². The molecule has 3 rings (SSSR count). The summed E-state index contributed by atoms with van der Waals surface area (Å²) in [7, 11) is 3.82. The van der Waals surface area contributed by atoms with Gasteiger partial charge in [-0.15, -0.1) is 11.3 Å². The van der Waals surface area contributed by atoms with Gasteiger partial charge < -0.3 is 14.5 Å². The second kappa shape index (κ2) is 9.19. The van der Waals surface area contributed by atoms with Gasteiger partial charge in [0.2, 0.25) is 5.91 Å². The Morgan fingerprint density at radius 2 is 1.96 bits per heavy atom. The Balaban J connectivity index is 1.66. The highest BCUT2D eigenvalue weighted by Gasteiger charge is 2.26. The number of hydrogen-bond donors (Lipinski definition) is 0. The largest absolute Gasteiger partial charge is 0.497 e. The zero-order chi connectivity index (χ0) is 18.4. The van der Waals surface area contributed by atoms with E-state index in [1.165, 1.54) is 4.88 Å². The maximum Gasteiger partial charge on any atom is 0.227 e. The molecule has 4 nitrogen and oxygen atoms in total. The fraction of sp³-hybridized carbons (Fsp3) is 0.476. The number of likely N-dealkylation sites (tertiary alicyclic amines) is 1. The van der Waals surface area contributed by atoms with Crippen LogP contribution >= 0.6 is 11.3 Å². The quantitative estimate of drug-likeness (QED) is 0.746. The first-order valence-electron chi connectivity index (χ1n) is 9.29. The first-order valence-corrected chi connectivity index (χ1v) is 10.2. The fourth-order valence-corrected chi connectivity index (χ4v) is 4.22. The zero-order valence-electron chi connectivity index (χ0n) is 15.7. The van der Waals surface area contributed by atoms with Gasteiger partial charge in [-0.1, -0.05) is 18.2 Å². The Morgan fingerprint density at radius 3 is 2.58 bits per heavy atom. The molecule has 0 aliphatic carbocycles. The molecule has 0 saturated carbocycles. The van der Waals surface area contributed by atoms with Crippen LogP contribution in [-0.2, 0) is 17.6 Å². The van der Waals surface area contributed by atoms with Gasteiger partial charge in [-0.2, -0.15) is 0 Å². The van der Waals surface area contributed by atoms with Crippen molar-refractivity contribution in [3.05, 3.63) is 52.2 Å². The Bertz CT molecular complexity index is 677. The number of thiophene rings is 1. The maximum atomic E-state index is 13.1. The van der Waals surface area contributed by atoms with Crippen LogP contribution in [0.2, 0.25) is 0 Å². The SMILES string of the molecule is COc1ccc(CC(=O)N(CCc2cccs2)C2CCN(C)CC2)cc1. The summed E-state index contributed by atoms with van der Waals surface area (Å²) >= 11 is 1.77. The average Bonchev–Trinajstić information content (AvgIpc) is 3.17. The third kappa shape index (κ3) is 5.08. The van der Waals surface area contributed by atoms with Crippen LogP contribution in [0.25, 0.3) is 0 Å². The second-order valence-corrected chi connectivity index (χ2v) is 8.01. The normalized spacial score (nSPS) is 15.8. The highest BCUT2D eigenvalue weighted by Crippen LogP contribution is 2.20. The van der Waals surface area contributed by atoms with E-state index < -0.39 is 0 Å². The summed E-state index contributed by atoms with van der Waals surface area (Å²) in [5.74, 6) is 1.06. The summed E-state index contributed by atoms with van der Waals surface area (Å²) in [6.45, 7) is 2.94. The van der Waals surface area contributed by atoms with Crippen LogP contribution < -0.4 is 4.74 Å². The average molecular weight is 373 g/mol. The molecule has 0 bridgehead atoms. The molecule has 1 fully saturated rings. The summed E-state index contributed by atoms with van der Waals surface area (Å²) < 4.78 is 5.21. The van der Waals surface area contributed by atoms with Crippen molar-refractivity contribution >= 4 is 17.2 Å². The molecule has 140 valence electrons. The third-order valence-electron chi connectivity index (χ3n) is 5.14. The molecule has 0 radical (unpaired) electrons. The van der Waals surface area contributed by atoms with Crippen molar-refractivity contribution in [2.24, 2.45) is 0 Å². The summed E-state index contributed by atoms with van der Waals surface area (Å²) in [5, 5.41) is 2.11. The van der Waals surface area contributed by atoms with Gasteiger partial charge >= 0.3 is 0 Å². The van der Waals surface area contributed by atoms with Gasteiger partial charge in [0, 0.05) is 17.5 Å². The molecule has 1 aliphatic rings. The molecule has 1 aromatic carbocycles. The van der Waals surface area contributed by atoms with Gasteiger partial charge in [0.05, 0.1) is 13.5 Å². The minimum absolute atomic E-state index is 0.237. The predicted molar refractivity (Wildman–Crippen MR) is 107 cm³/mol. The van der Waals surface area contributed by atoms with E-state index in [-0.39, 0.29) is 5.91 Å². The first kappa shape index (κ1) is 18.9. The van der Waals surface area contributed by atoms with Crippen molar-refractivity contribution in [3.63, 3.8) is 0 Å². The lowest BCUT2D eigenvalue weighted by atomic mass is 10.0. The summed E-state index contributed by atoms with van der Waals surface area (Å²) in [4.78, 5) is 18.9. The molecule has 0 atom stereocenters. The summed E-state index contributed by atoms with van der Waals surface area (Å²) in [5.41, 5.74) is 1.05. The molecule has 1 aromatic heterocycles. The van der Waals surface area contributed by atoms with Crippen molar-refractivity contribution in [1.29, 1.82) is 0 Å². The molecule has 26 heavy (non-hydrogen) atoms. The van der Waals surface area contributed by atoms with Crippen molar-refractivity contribution in [2.75, 3.05) is 33.8 Å². The molecule has 1 saturated heterocycles. The first-order chi connectivity index (χ1) is 12.7. The minimum atomic E-state index is 0.237. The molecule has 2 aromatic rings. The molecule has 0 unspecified atom stereocenters. The van der Waals surface area contributed by atoms with E-state index in [1.807, 2.05) is 24.3 Å². The fourth-order valence-electron chi connectivity index (χ4n) is 3.52. The lowest BCUT2D eigenvalue weighted by molar-refractivity contribution is -0.133. The van der Waals surface area contributed by atoms with Crippen LogP contribution in [0, 0.1) is 0 Å². The number of carbonyl (C=O) groups excluding carboxylic acids is 1. The van der Waals surface area contributed by atoms with E-state index in [0.29, 0.717) is 12.5 Å². The maximum absolute atomic E-state index is 13.1. The van der Waals surface area contributed by atoms with E-state index in [0.717, 1.165) is 50.2 Å². The van der Waals surface area contributed by atoms with Crippen molar-refractivity contribution in [2.45, 2.75) is 31.7 Å². The van der Waals surface area contributed by atoms with Gasteiger partial charge in [0.25, 0.3) is 0 Å². The van der Waals surface area contributed by atoms with Crippen LogP contribution in [0.4, 0.5) is 0 Å². The van der Waals surface area contributed by atoms with Crippen molar-refractivity contribution < 1.29 is 9.53 Å². The number of piperidine rings is 1. The highest BCUT2D eigenvalue weighted by atomic mass is 32.1. The van der Waals surface area contributed by atoms with Crippen molar-refractivity contribution in [1.82, 2.24) is 9.80 Å². The number of rotatable bonds is 7. The highest BCUT2D eigenvalue weighted by molar-refractivity contribution is 7.09. The zero-order valence-corrected chi connectivity index (χ0v) is 16.5. The Hall–Kier alpha value is -1.85. The second-order valence-electron chi connectivity index (χ2n) is 6.98. The van der Waals surface area contributed by atoms with Crippen molar-refractivity contribution in [3.8, 4) is 5.75 Å².